The Morgan fingerprint density at radius 2 is 2.15 bits per heavy atom. The first-order valence-corrected chi connectivity index (χ1v) is 7.17. The molecular formula is C16H21N3O. The molecule has 1 aromatic carbocycles. The molecule has 1 fully saturated rings. The Morgan fingerprint density at radius 1 is 1.35 bits per heavy atom. The molecule has 20 heavy (non-hydrogen) atoms. The Bertz CT molecular complexity index is 619. The molecule has 0 aliphatic carbocycles. The van der Waals surface area contributed by atoms with Gasteiger partial charge in [-0.05, 0) is 20.0 Å². The summed E-state index contributed by atoms with van der Waals surface area (Å²) in [4.78, 5) is 20.3. The van der Waals surface area contributed by atoms with Gasteiger partial charge in [0.05, 0.1) is 6.54 Å². The van der Waals surface area contributed by atoms with Crippen LogP contribution in [0.1, 0.15) is 17.3 Å². The molecule has 1 aliphatic heterocycles. The Kier molecular flexibility index (Phi) is 3.59. The van der Waals surface area contributed by atoms with Gasteiger partial charge in [-0.2, -0.15) is 0 Å². The van der Waals surface area contributed by atoms with E-state index in [4.69, 9.17) is 0 Å². The molecule has 4 heteroatoms. The average Bonchev–Trinajstić information content (AvgIpc) is 2.87. The monoisotopic (exact) mass is 271 g/mol. The van der Waals surface area contributed by atoms with Gasteiger partial charge in [0, 0.05) is 48.3 Å². The first kappa shape index (κ1) is 13.3. The van der Waals surface area contributed by atoms with Crippen LogP contribution < -0.4 is 0 Å². The zero-order chi connectivity index (χ0) is 14.1. The molecule has 1 saturated heterocycles. The number of aromatic amines is 1. The zero-order valence-electron chi connectivity index (χ0n) is 12.1. The summed E-state index contributed by atoms with van der Waals surface area (Å²) in [7, 11) is 2.14. The molecule has 2 aromatic rings. The number of carbonyl (C=O) groups is 1. The van der Waals surface area contributed by atoms with Crippen molar-refractivity contribution in [2.45, 2.75) is 13.0 Å². The van der Waals surface area contributed by atoms with Crippen molar-refractivity contribution in [1.82, 2.24) is 14.8 Å². The predicted molar refractivity (Wildman–Crippen MR) is 81.2 cm³/mol. The minimum atomic E-state index is 0.208. The van der Waals surface area contributed by atoms with Gasteiger partial charge >= 0.3 is 0 Å². The number of H-pyrrole nitrogens is 1. The Hall–Kier alpha value is -1.65. The highest BCUT2D eigenvalue weighted by atomic mass is 16.1. The van der Waals surface area contributed by atoms with Gasteiger partial charge in [0.1, 0.15) is 0 Å². The number of Topliss-reactive ketones (excluding diaryl/α,β-unsaturated/α-hetero) is 1. The van der Waals surface area contributed by atoms with E-state index in [-0.39, 0.29) is 5.78 Å². The van der Waals surface area contributed by atoms with Crippen LogP contribution in [0.4, 0.5) is 0 Å². The minimum absolute atomic E-state index is 0.208. The van der Waals surface area contributed by atoms with E-state index >= 15 is 0 Å². The maximum atomic E-state index is 12.5. The van der Waals surface area contributed by atoms with Crippen LogP contribution in [0.2, 0.25) is 0 Å². The largest absolute Gasteiger partial charge is 0.360 e. The van der Waals surface area contributed by atoms with Crippen LogP contribution in [0, 0.1) is 0 Å². The Morgan fingerprint density at radius 3 is 2.95 bits per heavy atom. The second-order valence-corrected chi connectivity index (χ2v) is 5.74. The number of aromatic nitrogens is 1. The van der Waals surface area contributed by atoms with Crippen molar-refractivity contribution in [2.24, 2.45) is 0 Å². The number of para-hydroxylation sites is 1. The zero-order valence-corrected chi connectivity index (χ0v) is 12.1. The number of piperazine rings is 1. The number of ketones is 1. The van der Waals surface area contributed by atoms with Crippen molar-refractivity contribution in [3.8, 4) is 0 Å². The summed E-state index contributed by atoms with van der Waals surface area (Å²) >= 11 is 0. The highest BCUT2D eigenvalue weighted by Gasteiger charge is 2.23. The van der Waals surface area contributed by atoms with Crippen LogP contribution >= 0.6 is 0 Å². The van der Waals surface area contributed by atoms with E-state index in [1.54, 1.807) is 0 Å². The lowest BCUT2D eigenvalue weighted by Crippen LogP contribution is -2.51. The van der Waals surface area contributed by atoms with Crippen molar-refractivity contribution >= 4 is 16.7 Å². The predicted octanol–water partition coefficient (Wildman–Crippen LogP) is 1.99. The quantitative estimate of drug-likeness (QED) is 0.868. The van der Waals surface area contributed by atoms with Gasteiger partial charge in [-0.1, -0.05) is 18.2 Å². The first-order valence-electron chi connectivity index (χ1n) is 7.17. The molecule has 0 saturated carbocycles. The summed E-state index contributed by atoms with van der Waals surface area (Å²) in [6, 6.07) is 8.48. The fourth-order valence-corrected chi connectivity index (χ4v) is 2.86. The number of nitrogens with one attached hydrogen (secondary N) is 1. The van der Waals surface area contributed by atoms with Gasteiger partial charge < -0.3 is 9.88 Å². The summed E-state index contributed by atoms with van der Waals surface area (Å²) in [5, 5.41) is 1.03. The van der Waals surface area contributed by atoms with Crippen molar-refractivity contribution in [3.05, 3.63) is 36.0 Å². The molecule has 0 radical (unpaired) electrons. The molecule has 4 nitrogen and oxygen atoms in total. The number of fused-ring (bicyclic) bond motifs is 1. The standard InChI is InChI=1S/C16H21N3O/c1-12-10-19(8-7-18(12)2)11-16(20)14-9-17-15-6-4-3-5-13(14)15/h3-6,9,12,17H,7-8,10-11H2,1-2H3. The number of rotatable bonds is 3. The molecule has 106 valence electrons. The molecular weight excluding hydrogens is 250 g/mol. The van der Waals surface area contributed by atoms with E-state index < -0.39 is 0 Å². The van der Waals surface area contributed by atoms with E-state index in [1.165, 1.54) is 0 Å². The van der Waals surface area contributed by atoms with Crippen molar-refractivity contribution < 1.29 is 4.79 Å². The van der Waals surface area contributed by atoms with Crippen molar-refractivity contribution in [1.29, 1.82) is 0 Å². The van der Waals surface area contributed by atoms with E-state index in [0.717, 1.165) is 36.1 Å². The third-order valence-electron chi connectivity index (χ3n) is 4.30. The van der Waals surface area contributed by atoms with Gasteiger partial charge in [0.2, 0.25) is 0 Å². The lowest BCUT2D eigenvalue weighted by atomic mass is 10.1. The Labute approximate surface area is 119 Å². The lowest BCUT2D eigenvalue weighted by Gasteiger charge is -2.37. The van der Waals surface area contributed by atoms with E-state index in [2.05, 4.69) is 28.8 Å². The molecule has 0 bridgehead atoms. The summed E-state index contributed by atoms with van der Waals surface area (Å²) in [6.07, 6.45) is 1.84. The summed E-state index contributed by atoms with van der Waals surface area (Å²) in [5.41, 5.74) is 1.84. The van der Waals surface area contributed by atoms with Gasteiger partial charge in [0.25, 0.3) is 0 Å². The van der Waals surface area contributed by atoms with Crippen LogP contribution in [-0.2, 0) is 0 Å². The Balaban J connectivity index is 1.73. The van der Waals surface area contributed by atoms with E-state index in [9.17, 15) is 4.79 Å². The molecule has 1 N–H and O–H groups in total. The van der Waals surface area contributed by atoms with Crippen molar-refractivity contribution in [3.63, 3.8) is 0 Å². The molecule has 1 aromatic heterocycles. The van der Waals surface area contributed by atoms with Gasteiger partial charge in [-0.3, -0.25) is 9.69 Å². The smallest absolute Gasteiger partial charge is 0.178 e. The summed E-state index contributed by atoms with van der Waals surface area (Å²) in [6.45, 7) is 5.68. The molecule has 1 unspecified atom stereocenters. The van der Waals surface area contributed by atoms with Crippen LogP contribution in [-0.4, -0.2) is 59.8 Å². The number of hydrogen-bond donors (Lipinski definition) is 1. The highest BCUT2D eigenvalue weighted by Crippen LogP contribution is 2.19. The van der Waals surface area contributed by atoms with Crippen LogP contribution in [0.3, 0.4) is 0 Å². The SMILES string of the molecule is CC1CN(CC(=O)c2c[nH]c3ccccc23)CCN1C. The molecule has 1 aliphatic rings. The van der Waals surface area contributed by atoms with Gasteiger partial charge in [-0.25, -0.2) is 0 Å². The van der Waals surface area contributed by atoms with Crippen LogP contribution in [0.25, 0.3) is 10.9 Å². The maximum Gasteiger partial charge on any atom is 0.178 e. The molecule has 1 atom stereocenters. The number of nitrogens with zero attached hydrogens (tertiary/aromatic N) is 2. The van der Waals surface area contributed by atoms with Gasteiger partial charge in [-0.15, -0.1) is 0 Å². The van der Waals surface area contributed by atoms with Crippen molar-refractivity contribution in [2.75, 3.05) is 33.2 Å². The third kappa shape index (κ3) is 2.49. The summed E-state index contributed by atoms with van der Waals surface area (Å²) in [5.74, 6) is 0.208. The highest BCUT2D eigenvalue weighted by molar-refractivity contribution is 6.08. The summed E-state index contributed by atoms with van der Waals surface area (Å²) < 4.78 is 0. The first-order chi connectivity index (χ1) is 9.65. The van der Waals surface area contributed by atoms with Crippen LogP contribution in [0.5, 0.6) is 0 Å². The number of likely N-dealkylation sites (N-methyl/N-ethyl adjacent to an activating group) is 1. The maximum absolute atomic E-state index is 12.5. The molecule has 2 heterocycles. The molecule has 0 amide bonds. The third-order valence-corrected chi connectivity index (χ3v) is 4.30. The molecule has 0 spiro atoms. The number of hydrogen-bond acceptors (Lipinski definition) is 3. The van der Waals surface area contributed by atoms with Crippen LogP contribution in [0.15, 0.2) is 30.5 Å². The minimum Gasteiger partial charge on any atom is -0.360 e. The second kappa shape index (κ2) is 5.38. The fourth-order valence-electron chi connectivity index (χ4n) is 2.86. The average molecular weight is 271 g/mol. The fraction of sp³-hybridized carbons (Fsp3) is 0.438. The van der Waals surface area contributed by atoms with E-state index in [0.29, 0.717) is 12.6 Å². The second-order valence-electron chi connectivity index (χ2n) is 5.74. The van der Waals surface area contributed by atoms with E-state index in [1.807, 2.05) is 30.5 Å². The normalized spacial score (nSPS) is 21.4. The topological polar surface area (TPSA) is 39.3 Å². The number of carbonyl (C=O) groups excluding carboxylic acids is 1. The number of benzene rings is 1. The lowest BCUT2D eigenvalue weighted by molar-refractivity contribution is 0.0787. The van der Waals surface area contributed by atoms with Gasteiger partial charge in [0.15, 0.2) is 5.78 Å². The molecule has 3 rings (SSSR count).